The van der Waals surface area contributed by atoms with Crippen LogP contribution in [0.25, 0.3) is 0 Å². The molecule has 5 heteroatoms. The van der Waals surface area contributed by atoms with Gasteiger partial charge in [0, 0.05) is 10.6 Å². The first kappa shape index (κ1) is 15.1. The van der Waals surface area contributed by atoms with Gasteiger partial charge >= 0.3 is 0 Å². The number of hydrogen-bond donors (Lipinski definition) is 2. The summed E-state index contributed by atoms with van der Waals surface area (Å²) in [6.45, 7) is 6.29. The predicted octanol–water partition coefficient (Wildman–Crippen LogP) is 3.82. The van der Waals surface area contributed by atoms with E-state index in [9.17, 15) is 0 Å². The average molecular weight is 287 g/mol. The monoisotopic (exact) mass is 286 g/mol. The van der Waals surface area contributed by atoms with Crippen molar-refractivity contribution < 1.29 is 4.74 Å². The Hall–Kier alpha value is -1.00. The summed E-state index contributed by atoms with van der Waals surface area (Å²) < 4.78 is 5.25. The highest BCUT2D eigenvalue weighted by Gasteiger charge is 2.16. The highest BCUT2D eigenvalue weighted by molar-refractivity contribution is 7.80. The highest BCUT2D eigenvalue weighted by Crippen LogP contribution is 2.27. The number of ether oxygens (including phenoxy) is 1. The lowest BCUT2D eigenvalue weighted by atomic mass is 10.0. The average Bonchev–Trinajstić information content (AvgIpc) is 2.28. The Morgan fingerprint density at radius 3 is 2.67 bits per heavy atom. The van der Waals surface area contributed by atoms with Crippen LogP contribution in [0.3, 0.4) is 0 Å². The fourth-order valence-electron chi connectivity index (χ4n) is 1.33. The second-order valence-electron chi connectivity index (χ2n) is 4.66. The number of halogens is 1. The fourth-order valence-corrected chi connectivity index (χ4v) is 1.89. The minimum atomic E-state index is -0.0457. The first-order chi connectivity index (χ1) is 8.38. The van der Waals surface area contributed by atoms with Crippen molar-refractivity contribution in [2.45, 2.75) is 32.7 Å². The molecule has 100 valence electrons. The number of methoxy groups -OCH3 is 1. The topological polar surface area (TPSA) is 33.3 Å². The van der Waals surface area contributed by atoms with Crippen LogP contribution in [0.2, 0.25) is 5.02 Å². The molecular weight excluding hydrogens is 268 g/mol. The van der Waals surface area contributed by atoms with Crippen molar-refractivity contribution in [3.8, 4) is 5.75 Å². The molecule has 0 amide bonds. The van der Waals surface area contributed by atoms with Crippen LogP contribution in [0.5, 0.6) is 5.75 Å². The Kier molecular flexibility index (Phi) is 5.23. The zero-order valence-electron chi connectivity index (χ0n) is 11.1. The van der Waals surface area contributed by atoms with E-state index >= 15 is 0 Å². The van der Waals surface area contributed by atoms with Gasteiger partial charge in [-0.3, -0.25) is 0 Å². The number of thiocarbonyl (C=S) groups is 1. The van der Waals surface area contributed by atoms with E-state index in [-0.39, 0.29) is 5.54 Å². The molecule has 1 rings (SSSR count). The van der Waals surface area contributed by atoms with Crippen molar-refractivity contribution in [2.75, 3.05) is 12.4 Å². The molecule has 0 radical (unpaired) electrons. The second kappa shape index (κ2) is 6.25. The van der Waals surface area contributed by atoms with Crippen molar-refractivity contribution in [3.63, 3.8) is 0 Å². The Labute approximate surface area is 119 Å². The molecule has 0 aliphatic rings. The Morgan fingerprint density at radius 2 is 2.11 bits per heavy atom. The standard InChI is InChI=1S/C13H19ClN2OS/c1-5-13(2,3)16-12(18)15-10-8-9(14)6-7-11(10)17-4/h6-8H,5H2,1-4H3,(H2,15,16,18). The lowest BCUT2D eigenvalue weighted by molar-refractivity contribution is 0.416. The maximum atomic E-state index is 5.96. The SMILES string of the molecule is CCC(C)(C)NC(=S)Nc1cc(Cl)ccc1OC. The smallest absolute Gasteiger partial charge is 0.171 e. The van der Waals surface area contributed by atoms with E-state index in [1.54, 1.807) is 25.3 Å². The van der Waals surface area contributed by atoms with Gasteiger partial charge in [-0.2, -0.15) is 0 Å². The Morgan fingerprint density at radius 1 is 1.44 bits per heavy atom. The van der Waals surface area contributed by atoms with E-state index in [4.69, 9.17) is 28.6 Å². The molecule has 0 aliphatic carbocycles. The summed E-state index contributed by atoms with van der Waals surface area (Å²) in [5.41, 5.74) is 0.713. The van der Waals surface area contributed by atoms with Gasteiger partial charge in [0.2, 0.25) is 0 Å². The van der Waals surface area contributed by atoms with E-state index in [1.165, 1.54) is 0 Å². The van der Waals surface area contributed by atoms with Crippen molar-refractivity contribution in [2.24, 2.45) is 0 Å². The number of anilines is 1. The molecule has 0 bridgehead atoms. The molecule has 0 unspecified atom stereocenters. The number of nitrogens with one attached hydrogen (secondary N) is 2. The Bertz CT molecular complexity index is 435. The summed E-state index contributed by atoms with van der Waals surface area (Å²) >= 11 is 11.2. The molecule has 0 heterocycles. The van der Waals surface area contributed by atoms with Gasteiger partial charge in [-0.05, 0) is 50.7 Å². The van der Waals surface area contributed by atoms with Gasteiger partial charge in [0.05, 0.1) is 12.8 Å². The normalized spacial score (nSPS) is 10.9. The molecule has 0 aliphatic heterocycles. The zero-order valence-corrected chi connectivity index (χ0v) is 12.7. The zero-order chi connectivity index (χ0) is 13.8. The lowest BCUT2D eigenvalue weighted by Gasteiger charge is -2.26. The third-order valence-electron chi connectivity index (χ3n) is 2.75. The predicted molar refractivity (Wildman–Crippen MR) is 81.7 cm³/mol. The number of rotatable bonds is 4. The van der Waals surface area contributed by atoms with Gasteiger partial charge in [-0.25, -0.2) is 0 Å². The molecule has 0 aromatic heterocycles. The van der Waals surface area contributed by atoms with Gasteiger partial charge in [0.25, 0.3) is 0 Å². The second-order valence-corrected chi connectivity index (χ2v) is 5.51. The fraction of sp³-hybridized carbons (Fsp3) is 0.462. The van der Waals surface area contributed by atoms with Crippen molar-refractivity contribution >= 4 is 34.6 Å². The van der Waals surface area contributed by atoms with Gasteiger partial charge in [0.1, 0.15) is 5.75 Å². The third kappa shape index (κ3) is 4.35. The van der Waals surface area contributed by atoms with E-state index in [1.807, 2.05) is 0 Å². The van der Waals surface area contributed by atoms with Crippen molar-refractivity contribution in [1.82, 2.24) is 5.32 Å². The maximum absolute atomic E-state index is 5.96. The molecule has 3 nitrogen and oxygen atoms in total. The summed E-state index contributed by atoms with van der Waals surface area (Å²) in [6.07, 6.45) is 0.974. The molecule has 0 atom stereocenters. The lowest BCUT2D eigenvalue weighted by Crippen LogP contribution is -2.44. The van der Waals surface area contributed by atoms with Gasteiger partial charge in [-0.1, -0.05) is 18.5 Å². The van der Waals surface area contributed by atoms with Crippen LogP contribution in [0.15, 0.2) is 18.2 Å². The van der Waals surface area contributed by atoms with Crippen LogP contribution in [0, 0.1) is 0 Å². The van der Waals surface area contributed by atoms with E-state index in [0.717, 1.165) is 12.1 Å². The van der Waals surface area contributed by atoms with Gasteiger partial charge in [0.15, 0.2) is 5.11 Å². The van der Waals surface area contributed by atoms with Crippen LogP contribution in [0.4, 0.5) is 5.69 Å². The minimum Gasteiger partial charge on any atom is -0.495 e. The summed E-state index contributed by atoms with van der Waals surface area (Å²) in [5, 5.41) is 7.54. The van der Waals surface area contributed by atoms with Crippen LogP contribution in [-0.2, 0) is 0 Å². The number of benzene rings is 1. The summed E-state index contributed by atoms with van der Waals surface area (Å²) in [7, 11) is 1.61. The molecule has 0 fully saturated rings. The molecule has 0 saturated carbocycles. The van der Waals surface area contributed by atoms with Crippen LogP contribution in [-0.4, -0.2) is 17.8 Å². The third-order valence-corrected chi connectivity index (χ3v) is 3.18. The molecule has 0 saturated heterocycles. The highest BCUT2D eigenvalue weighted by atomic mass is 35.5. The van der Waals surface area contributed by atoms with E-state index in [2.05, 4.69) is 31.4 Å². The summed E-state index contributed by atoms with van der Waals surface area (Å²) in [4.78, 5) is 0. The molecule has 1 aromatic carbocycles. The van der Waals surface area contributed by atoms with Gasteiger partial charge < -0.3 is 15.4 Å². The van der Waals surface area contributed by atoms with E-state index in [0.29, 0.717) is 15.9 Å². The van der Waals surface area contributed by atoms with Crippen molar-refractivity contribution in [1.29, 1.82) is 0 Å². The first-order valence-electron chi connectivity index (χ1n) is 5.80. The minimum absolute atomic E-state index is 0.0457. The summed E-state index contributed by atoms with van der Waals surface area (Å²) in [5.74, 6) is 0.706. The molecular formula is C13H19ClN2OS. The van der Waals surface area contributed by atoms with Gasteiger partial charge in [-0.15, -0.1) is 0 Å². The van der Waals surface area contributed by atoms with E-state index < -0.39 is 0 Å². The Balaban J connectivity index is 2.78. The van der Waals surface area contributed by atoms with Crippen LogP contribution >= 0.6 is 23.8 Å². The largest absolute Gasteiger partial charge is 0.495 e. The first-order valence-corrected chi connectivity index (χ1v) is 6.59. The summed E-state index contributed by atoms with van der Waals surface area (Å²) in [6, 6.07) is 5.36. The molecule has 2 N–H and O–H groups in total. The molecule has 0 spiro atoms. The van der Waals surface area contributed by atoms with Crippen LogP contribution < -0.4 is 15.4 Å². The molecule has 1 aromatic rings. The number of hydrogen-bond acceptors (Lipinski definition) is 2. The van der Waals surface area contributed by atoms with Crippen molar-refractivity contribution in [3.05, 3.63) is 23.2 Å². The van der Waals surface area contributed by atoms with Crippen LogP contribution in [0.1, 0.15) is 27.2 Å². The molecule has 18 heavy (non-hydrogen) atoms. The maximum Gasteiger partial charge on any atom is 0.171 e. The quantitative estimate of drug-likeness (QED) is 0.825.